The number of aliphatic imine (C=N–C) groups is 2. The van der Waals surface area contributed by atoms with Crippen molar-refractivity contribution in [3.8, 4) is 0 Å². The van der Waals surface area contributed by atoms with Crippen LogP contribution in [0.15, 0.2) is 39.5 Å². The summed E-state index contributed by atoms with van der Waals surface area (Å²) in [6, 6.07) is 2.70. The lowest BCUT2D eigenvalue weighted by molar-refractivity contribution is 0.0116. The molecule has 2 aromatic rings. The Balaban J connectivity index is 2.62. The van der Waals surface area contributed by atoms with Crippen LogP contribution >= 0.6 is 11.6 Å². The Morgan fingerprint density at radius 2 is 2.19 bits per heavy atom. The zero-order valence-electron chi connectivity index (χ0n) is 11.4. The van der Waals surface area contributed by atoms with Gasteiger partial charge in [-0.2, -0.15) is 13.9 Å². The van der Waals surface area contributed by atoms with Gasteiger partial charge in [-0.05, 0) is 18.9 Å². The lowest BCUT2D eigenvalue weighted by atomic mass is 10.2. The maximum absolute atomic E-state index is 13.4. The summed E-state index contributed by atoms with van der Waals surface area (Å²) < 4.78 is 28.1. The molecular formula is C13H12ClF2N5. The van der Waals surface area contributed by atoms with Crippen LogP contribution in [0.3, 0.4) is 0 Å². The van der Waals surface area contributed by atoms with E-state index in [2.05, 4.69) is 26.8 Å². The van der Waals surface area contributed by atoms with Crippen LogP contribution in [0.5, 0.6) is 0 Å². The normalized spacial score (nSPS) is 13.8. The number of fused-ring (bicyclic) bond motifs is 1. The summed E-state index contributed by atoms with van der Waals surface area (Å²) in [7, 11) is 1.54. The first-order valence-corrected chi connectivity index (χ1v) is 6.28. The summed E-state index contributed by atoms with van der Waals surface area (Å²) in [5.41, 5.74) is 0.904. The molecule has 2 rings (SSSR count). The van der Waals surface area contributed by atoms with Crippen molar-refractivity contribution >= 4 is 29.7 Å². The van der Waals surface area contributed by atoms with Crippen LogP contribution < -0.4 is 0 Å². The largest absolute Gasteiger partial charge is 0.288 e. The van der Waals surface area contributed by atoms with Crippen LogP contribution in [0.25, 0.3) is 5.65 Å². The molecule has 8 heteroatoms. The van der Waals surface area contributed by atoms with E-state index < -0.39 is 5.92 Å². The Morgan fingerprint density at radius 3 is 2.76 bits per heavy atom. The third kappa shape index (κ3) is 3.13. The van der Waals surface area contributed by atoms with Gasteiger partial charge in [0.1, 0.15) is 16.5 Å². The van der Waals surface area contributed by atoms with E-state index in [1.807, 2.05) is 0 Å². The fraction of sp³-hybridized carbons (Fsp3) is 0.231. The summed E-state index contributed by atoms with van der Waals surface area (Å²) in [6.07, 6.45) is 2.93. The number of hydrogen-bond acceptors (Lipinski definition) is 4. The van der Waals surface area contributed by atoms with Crippen molar-refractivity contribution in [1.29, 1.82) is 0 Å². The number of allylic oxidation sites excluding steroid dienone is 1. The molecule has 0 aliphatic carbocycles. The Hall–Kier alpha value is -2.15. The molecule has 0 fully saturated rings. The molecule has 0 saturated heterocycles. The third-order valence-electron chi connectivity index (χ3n) is 2.72. The minimum Gasteiger partial charge on any atom is -0.286 e. The predicted molar refractivity (Wildman–Crippen MR) is 78.5 cm³/mol. The number of halogens is 3. The highest BCUT2D eigenvalue weighted by Crippen LogP contribution is 2.25. The number of alkyl halides is 2. The van der Waals surface area contributed by atoms with Gasteiger partial charge in [0.15, 0.2) is 5.65 Å². The van der Waals surface area contributed by atoms with Gasteiger partial charge in [0.25, 0.3) is 5.92 Å². The van der Waals surface area contributed by atoms with Gasteiger partial charge < -0.3 is 0 Å². The fourth-order valence-corrected chi connectivity index (χ4v) is 1.80. The molecular weight excluding hydrogens is 300 g/mol. The highest BCUT2D eigenvalue weighted by Gasteiger charge is 2.27. The summed E-state index contributed by atoms with van der Waals surface area (Å²) >= 11 is 5.79. The summed E-state index contributed by atoms with van der Waals surface area (Å²) in [5.74, 6) is -3.05. The molecule has 0 unspecified atom stereocenters. The van der Waals surface area contributed by atoms with Gasteiger partial charge in [-0.15, -0.1) is 0 Å². The minimum atomic E-state index is -3.05. The Morgan fingerprint density at radius 1 is 1.48 bits per heavy atom. The van der Waals surface area contributed by atoms with Crippen molar-refractivity contribution < 1.29 is 8.78 Å². The molecule has 0 atom stereocenters. The van der Waals surface area contributed by atoms with Crippen LogP contribution in [0.4, 0.5) is 8.78 Å². The first-order valence-electron chi connectivity index (χ1n) is 5.91. The van der Waals surface area contributed by atoms with E-state index >= 15 is 0 Å². The van der Waals surface area contributed by atoms with Gasteiger partial charge in [0.05, 0.1) is 11.9 Å². The molecule has 21 heavy (non-hydrogen) atoms. The smallest absolute Gasteiger partial charge is 0.286 e. The first kappa shape index (κ1) is 15.2. The number of nitrogens with zero attached hydrogens (tertiary/aromatic N) is 5. The van der Waals surface area contributed by atoms with Gasteiger partial charge in [0, 0.05) is 20.0 Å². The quantitative estimate of drug-likeness (QED) is 0.643. The Kier molecular flexibility index (Phi) is 4.13. The molecule has 0 aromatic carbocycles. The number of aromatic nitrogens is 3. The van der Waals surface area contributed by atoms with E-state index in [4.69, 9.17) is 11.6 Å². The van der Waals surface area contributed by atoms with Crippen LogP contribution in [-0.2, 0) is 5.92 Å². The molecule has 0 bridgehead atoms. The lowest BCUT2D eigenvalue weighted by Gasteiger charge is -2.10. The molecule has 2 heterocycles. The maximum Gasteiger partial charge on any atom is 0.288 e. The van der Waals surface area contributed by atoms with Crippen LogP contribution in [0, 0.1) is 0 Å². The van der Waals surface area contributed by atoms with Gasteiger partial charge in [-0.1, -0.05) is 11.6 Å². The highest BCUT2D eigenvalue weighted by atomic mass is 35.5. The average Bonchev–Trinajstić information content (AvgIpc) is 2.86. The van der Waals surface area contributed by atoms with E-state index in [0.717, 1.165) is 6.92 Å². The van der Waals surface area contributed by atoms with Crippen LogP contribution in [0.1, 0.15) is 18.3 Å². The SMILES string of the molecule is C=N/C(Cl)=C\C(=NC)c1cnc2ccc(C(C)(F)F)nn12. The molecule has 0 aliphatic heterocycles. The average molecular weight is 312 g/mol. The van der Waals surface area contributed by atoms with Gasteiger partial charge >= 0.3 is 0 Å². The topological polar surface area (TPSA) is 54.9 Å². The molecule has 0 amide bonds. The van der Waals surface area contributed by atoms with E-state index in [0.29, 0.717) is 17.1 Å². The van der Waals surface area contributed by atoms with Crippen molar-refractivity contribution in [1.82, 2.24) is 14.6 Å². The van der Waals surface area contributed by atoms with Crippen molar-refractivity contribution in [2.45, 2.75) is 12.8 Å². The number of rotatable bonds is 4. The molecule has 0 aliphatic rings. The van der Waals surface area contributed by atoms with Crippen molar-refractivity contribution in [2.24, 2.45) is 9.98 Å². The molecule has 2 aromatic heterocycles. The zero-order valence-corrected chi connectivity index (χ0v) is 12.1. The zero-order chi connectivity index (χ0) is 15.6. The van der Waals surface area contributed by atoms with Crippen LogP contribution in [-0.4, -0.2) is 34.1 Å². The summed E-state index contributed by atoms with van der Waals surface area (Å²) in [4.78, 5) is 11.7. The maximum atomic E-state index is 13.4. The Bertz CT molecular complexity index is 743. The lowest BCUT2D eigenvalue weighted by Crippen LogP contribution is -2.14. The van der Waals surface area contributed by atoms with Gasteiger partial charge in [0.2, 0.25) is 0 Å². The summed E-state index contributed by atoms with van der Waals surface area (Å²) in [5, 5.41) is 4.04. The van der Waals surface area contributed by atoms with Crippen molar-refractivity contribution in [3.05, 3.63) is 40.9 Å². The molecule has 0 saturated carbocycles. The van der Waals surface area contributed by atoms with Crippen molar-refractivity contribution in [3.63, 3.8) is 0 Å². The second kappa shape index (κ2) is 5.69. The monoisotopic (exact) mass is 311 g/mol. The Labute approximate surface area is 124 Å². The molecule has 0 radical (unpaired) electrons. The van der Waals surface area contributed by atoms with Gasteiger partial charge in [-0.25, -0.2) is 9.50 Å². The number of hydrogen-bond donors (Lipinski definition) is 0. The minimum absolute atomic E-state index is 0.127. The van der Waals surface area contributed by atoms with E-state index in [1.54, 1.807) is 0 Å². The molecule has 0 spiro atoms. The molecule has 110 valence electrons. The fourth-order valence-electron chi connectivity index (χ4n) is 1.69. The van der Waals surface area contributed by atoms with E-state index in [-0.39, 0.29) is 10.9 Å². The van der Waals surface area contributed by atoms with E-state index in [1.165, 1.54) is 36.0 Å². The van der Waals surface area contributed by atoms with Gasteiger partial charge in [-0.3, -0.25) is 9.98 Å². The third-order valence-corrected chi connectivity index (χ3v) is 2.95. The van der Waals surface area contributed by atoms with Crippen LogP contribution in [0.2, 0.25) is 0 Å². The number of imidazole rings is 1. The van der Waals surface area contributed by atoms with E-state index in [9.17, 15) is 8.78 Å². The first-order chi connectivity index (χ1) is 9.86. The summed E-state index contributed by atoms with van der Waals surface area (Å²) in [6.45, 7) is 4.08. The molecule has 0 N–H and O–H groups in total. The van der Waals surface area contributed by atoms with Crippen molar-refractivity contribution in [2.75, 3.05) is 7.05 Å². The molecule has 5 nitrogen and oxygen atoms in total. The predicted octanol–water partition coefficient (Wildman–Crippen LogP) is 3.04. The standard InChI is InChI=1S/C13H12ClF2N5/c1-13(15,16)10-4-5-12-19-7-9(21(12)20-10)8(17-2)6-11(14)18-3/h4-7H,3H2,1-2H3/b11-6-,17-8?. The highest BCUT2D eigenvalue weighted by molar-refractivity contribution is 6.32. The second-order valence-corrected chi connectivity index (χ2v) is 4.64. The second-order valence-electron chi connectivity index (χ2n) is 4.25.